The number of aromatic nitrogens is 1. The van der Waals surface area contributed by atoms with Gasteiger partial charge in [-0.3, -0.25) is 0 Å². The Morgan fingerprint density at radius 2 is 1.96 bits per heavy atom. The van der Waals surface area contributed by atoms with Crippen LogP contribution in [0.5, 0.6) is 5.75 Å². The second-order valence-electron chi connectivity index (χ2n) is 5.83. The number of aromatic carboxylic acids is 1. The van der Waals surface area contributed by atoms with E-state index in [1.807, 2.05) is 30.3 Å². The molecule has 0 radical (unpaired) electrons. The average Bonchev–Trinajstić information content (AvgIpc) is 2.67. The predicted molar refractivity (Wildman–Crippen MR) is 112 cm³/mol. The van der Waals surface area contributed by atoms with Crippen LogP contribution in [0, 0.1) is 0 Å². The minimum absolute atomic E-state index is 0.112. The van der Waals surface area contributed by atoms with Gasteiger partial charge in [-0.1, -0.05) is 53.2 Å². The van der Waals surface area contributed by atoms with E-state index < -0.39 is 5.97 Å². The average molecular weight is 438 g/mol. The van der Waals surface area contributed by atoms with Crippen molar-refractivity contribution in [1.29, 1.82) is 0 Å². The van der Waals surface area contributed by atoms with E-state index in [1.54, 1.807) is 31.0 Å². The molecule has 3 aromatic rings. The molecule has 0 bridgehead atoms. The lowest BCUT2D eigenvalue weighted by atomic mass is 10.1. The number of carboxylic acids is 1. The van der Waals surface area contributed by atoms with E-state index in [2.05, 4.69) is 4.98 Å². The van der Waals surface area contributed by atoms with Crippen molar-refractivity contribution >= 4 is 51.8 Å². The van der Waals surface area contributed by atoms with Gasteiger partial charge in [0.05, 0.1) is 22.5 Å². The SMILES string of the molecule is COC(CCOc1cc(C(=O)O)nc2cc(Cl)cc(Cl)c12)Sc1ccccc1. The van der Waals surface area contributed by atoms with Crippen LogP contribution in [0.3, 0.4) is 0 Å². The van der Waals surface area contributed by atoms with Crippen LogP contribution in [0.25, 0.3) is 10.9 Å². The zero-order valence-electron chi connectivity index (χ0n) is 14.9. The number of rotatable bonds is 8. The first-order chi connectivity index (χ1) is 13.5. The Morgan fingerprint density at radius 3 is 2.64 bits per heavy atom. The summed E-state index contributed by atoms with van der Waals surface area (Å²) in [6.45, 7) is 0.315. The summed E-state index contributed by atoms with van der Waals surface area (Å²) in [4.78, 5) is 16.6. The molecule has 0 spiro atoms. The van der Waals surface area contributed by atoms with Crippen molar-refractivity contribution in [1.82, 2.24) is 4.98 Å². The fourth-order valence-corrected chi connectivity index (χ4v) is 4.12. The largest absolute Gasteiger partial charge is 0.493 e. The van der Waals surface area contributed by atoms with Crippen LogP contribution in [0.1, 0.15) is 16.9 Å². The Kier molecular flexibility index (Phi) is 7.02. The van der Waals surface area contributed by atoms with E-state index in [1.165, 1.54) is 6.07 Å². The number of carboxylic acid groups (broad SMARTS) is 1. The van der Waals surface area contributed by atoms with Crippen molar-refractivity contribution < 1.29 is 19.4 Å². The minimum Gasteiger partial charge on any atom is -0.493 e. The smallest absolute Gasteiger partial charge is 0.354 e. The fraction of sp³-hybridized carbons (Fsp3) is 0.200. The van der Waals surface area contributed by atoms with Crippen molar-refractivity contribution in [2.45, 2.75) is 16.8 Å². The molecule has 0 aliphatic carbocycles. The van der Waals surface area contributed by atoms with Crippen LogP contribution < -0.4 is 4.74 Å². The molecule has 0 saturated heterocycles. The van der Waals surface area contributed by atoms with Crippen molar-refractivity contribution in [2.24, 2.45) is 0 Å². The molecule has 1 unspecified atom stereocenters. The molecule has 1 atom stereocenters. The maximum atomic E-state index is 11.4. The third-order valence-electron chi connectivity index (χ3n) is 3.89. The highest BCUT2D eigenvalue weighted by molar-refractivity contribution is 7.99. The van der Waals surface area contributed by atoms with Gasteiger partial charge in [-0.05, 0) is 24.3 Å². The maximum Gasteiger partial charge on any atom is 0.354 e. The third-order valence-corrected chi connectivity index (χ3v) is 5.64. The number of methoxy groups -OCH3 is 1. The first-order valence-corrected chi connectivity index (χ1v) is 10.0. The van der Waals surface area contributed by atoms with Gasteiger partial charge < -0.3 is 14.6 Å². The first-order valence-electron chi connectivity index (χ1n) is 8.38. The van der Waals surface area contributed by atoms with Gasteiger partial charge in [-0.25, -0.2) is 9.78 Å². The van der Waals surface area contributed by atoms with E-state index in [0.29, 0.717) is 39.7 Å². The first kappa shape index (κ1) is 20.7. The monoisotopic (exact) mass is 437 g/mol. The summed E-state index contributed by atoms with van der Waals surface area (Å²) in [5.74, 6) is -0.805. The lowest BCUT2D eigenvalue weighted by Gasteiger charge is -2.16. The number of hydrogen-bond donors (Lipinski definition) is 1. The molecule has 0 saturated carbocycles. The quantitative estimate of drug-likeness (QED) is 0.356. The molecule has 1 N–H and O–H groups in total. The second kappa shape index (κ2) is 9.47. The highest BCUT2D eigenvalue weighted by Gasteiger charge is 2.16. The van der Waals surface area contributed by atoms with Gasteiger partial charge in [0.25, 0.3) is 0 Å². The lowest BCUT2D eigenvalue weighted by Crippen LogP contribution is -2.12. The number of thioether (sulfide) groups is 1. The maximum absolute atomic E-state index is 11.4. The van der Waals surface area contributed by atoms with Gasteiger partial charge in [0.1, 0.15) is 11.2 Å². The number of carbonyl (C=O) groups is 1. The van der Waals surface area contributed by atoms with Gasteiger partial charge in [0.2, 0.25) is 0 Å². The molecule has 5 nitrogen and oxygen atoms in total. The third kappa shape index (κ3) is 5.08. The molecule has 0 amide bonds. The summed E-state index contributed by atoms with van der Waals surface area (Å²) >= 11 is 13.9. The highest BCUT2D eigenvalue weighted by Crippen LogP contribution is 2.35. The Hall–Kier alpha value is -1.99. The number of ether oxygens (including phenoxy) is 2. The van der Waals surface area contributed by atoms with Crippen LogP contribution in [-0.2, 0) is 4.74 Å². The lowest BCUT2D eigenvalue weighted by molar-refractivity contribution is 0.0690. The summed E-state index contributed by atoms with van der Waals surface area (Å²) in [5, 5.41) is 10.6. The molecule has 8 heteroatoms. The van der Waals surface area contributed by atoms with E-state index in [-0.39, 0.29) is 11.1 Å². The standard InChI is InChI=1S/C20H17Cl2NO4S/c1-26-18(28-13-5-3-2-4-6-13)7-8-27-17-11-16(20(24)25)23-15-10-12(21)9-14(22)19(15)17/h2-6,9-11,18H,7-8H2,1H3,(H,24,25). The van der Waals surface area contributed by atoms with Gasteiger partial charge in [0, 0.05) is 29.5 Å². The Bertz CT molecular complexity index is 985. The summed E-state index contributed by atoms with van der Waals surface area (Å²) in [6.07, 6.45) is 0.591. The molecule has 1 heterocycles. The van der Waals surface area contributed by atoms with Crippen LogP contribution in [-0.4, -0.2) is 35.2 Å². The summed E-state index contributed by atoms with van der Waals surface area (Å²) in [6, 6.07) is 14.4. The topological polar surface area (TPSA) is 68.7 Å². The van der Waals surface area contributed by atoms with Crippen LogP contribution in [0.2, 0.25) is 10.0 Å². The highest BCUT2D eigenvalue weighted by atomic mass is 35.5. The number of nitrogens with zero attached hydrogens (tertiary/aromatic N) is 1. The van der Waals surface area contributed by atoms with Gasteiger partial charge in [0.15, 0.2) is 5.69 Å². The Morgan fingerprint density at radius 1 is 1.21 bits per heavy atom. The van der Waals surface area contributed by atoms with Crippen LogP contribution in [0.4, 0.5) is 0 Å². The molecule has 2 aromatic carbocycles. The van der Waals surface area contributed by atoms with Crippen molar-refractivity contribution in [2.75, 3.05) is 13.7 Å². The van der Waals surface area contributed by atoms with Gasteiger partial charge in [-0.2, -0.15) is 0 Å². The molecule has 0 fully saturated rings. The summed E-state index contributed by atoms with van der Waals surface area (Å²) < 4.78 is 11.4. The fourth-order valence-electron chi connectivity index (χ4n) is 2.61. The van der Waals surface area contributed by atoms with E-state index in [0.717, 1.165) is 4.90 Å². The predicted octanol–water partition coefficient (Wildman–Crippen LogP) is 5.77. The molecule has 0 aliphatic heterocycles. The van der Waals surface area contributed by atoms with Crippen LogP contribution >= 0.6 is 35.0 Å². The van der Waals surface area contributed by atoms with Crippen molar-refractivity contribution in [3.8, 4) is 5.75 Å². The van der Waals surface area contributed by atoms with Crippen LogP contribution in [0.15, 0.2) is 53.4 Å². The molecule has 3 rings (SSSR count). The Balaban J connectivity index is 1.78. The van der Waals surface area contributed by atoms with Crippen molar-refractivity contribution in [3.63, 3.8) is 0 Å². The molecule has 28 heavy (non-hydrogen) atoms. The molecular formula is C20H17Cl2NO4S. The molecule has 0 aliphatic rings. The Labute approximate surface area is 176 Å². The normalized spacial score (nSPS) is 12.1. The number of fused-ring (bicyclic) bond motifs is 1. The second-order valence-corrected chi connectivity index (χ2v) is 7.90. The van der Waals surface area contributed by atoms with Crippen molar-refractivity contribution in [3.05, 3.63) is 64.3 Å². The molecular weight excluding hydrogens is 421 g/mol. The summed E-state index contributed by atoms with van der Waals surface area (Å²) in [5.41, 5.74) is 0.122. The summed E-state index contributed by atoms with van der Waals surface area (Å²) in [7, 11) is 1.64. The molecule has 1 aromatic heterocycles. The minimum atomic E-state index is -1.16. The zero-order valence-corrected chi connectivity index (χ0v) is 17.2. The number of hydrogen-bond acceptors (Lipinski definition) is 5. The number of benzene rings is 2. The van der Waals surface area contributed by atoms with Gasteiger partial charge >= 0.3 is 5.97 Å². The number of pyridine rings is 1. The number of halogens is 2. The van der Waals surface area contributed by atoms with Gasteiger partial charge in [-0.15, -0.1) is 0 Å². The van der Waals surface area contributed by atoms with E-state index >= 15 is 0 Å². The van der Waals surface area contributed by atoms with E-state index in [4.69, 9.17) is 32.7 Å². The zero-order chi connectivity index (χ0) is 20.1. The molecule has 146 valence electrons. The van der Waals surface area contributed by atoms with E-state index in [9.17, 15) is 9.90 Å².